The summed E-state index contributed by atoms with van der Waals surface area (Å²) in [4.78, 5) is 14.5. The number of alkyl halides is 2. The highest BCUT2D eigenvalue weighted by Gasteiger charge is 2.58. The van der Waals surface area contributed by atoms with Gasteiger partial charge in [0.25, 0.3) is 0 Å². The number of rotatable bonds is 8. The number of benzene rings is 1. The van der Waals surface area contributed by atoms with Crippen LogP contribution < -0.4 is 20.5 Å². The number of nitrogens with one attached hydrogen (secondary N) is 2. The zero-order valence-electron chi connectivity index (χ0n) is 19.0. The molecule has 0 spiro atoms. The molecule has 4 N–H and O–H groups in total. The van der Waals surface area contributed by atoms with Crippen LogP contribution in [0.5, 0.6) is 5.75 Å². The lowest BCUT2D eigenvalue weighted by molar-refractivity contribution is -0.132. The van der Waals surface area contributed by atoms with Crippen LogP contribution in [0.3, 0.4) is 0 Å². The number of amides is 1. The van der Waals surface area contributed by atoms with Crippen molar-refractivity contribution >= 4 is 15.9 Å². The lowest BCUT2D eigenvalue weighted by Gasteiger charge is -2.62. The number of hydrogen-bond donors (Lipinski definition) is 3. The molecule has 1 aliphatic heterocycles. The topological polar surface area (TPSA) is 114 Å². The van der Waals surface area contributed by atoms with E-state index >= 15 is 0 Å². The molecule has 11 heteroatoms. The standard InChI is InChI=1S/C23H32F2N4O4S/c24-21(25)33-17-3-5-18(6-4-17)34(31,32)28-23-11-15-8-16(12-23)10-22(9-15,14-23)27-13-20(30)29-7-1-2-19(29)26/h3-6,15-16,19,21,27-28H,1-2,7-14,26H2/t15?,16?,19-,22?,23?/m0/s1. The molecule has 1 aromatic rings. The Morgan fingerprint density at radius 1 is 1.15 bits per heavy atom. The van der Waals surface area contributed by atoms with Gasteiger partial charge < -0.3 is 20.7 Å². The van der Waals surface area contributed by atoms with Crippen molar-refractivity contribution in [1.82, 2.24) is 14.9 Å². The van der Waals surface area contributed by atoms with E-state index < -0.39 is 22.2 Å². The SMILES string of the molecule is N[C@@H]1CCCN1C(=O)CNC12CC3CC(C1)CC(NS(=O)(=O)c1ccc(OC(F)F)cc1)(C3)C2. The first-order valence-electron chi connectivity index (χ1n) is 12.0. The molecule has 4 aliphatic carbocycles. The maximum atomic E-state index is 13.2. The van der Waals surface area contributed by atoms with Crippen LogP contribution in [-0.4, -0.2) is 56.2 Å². The minimum atomic E-state index is -3.86. The fourth-order valence-electron chi connectivity index (χ4n) is 7.20. The first-order chi connectivity index (χ1) is 16.1. The number of likely N-dealkylation sites (tertiary alicyclic amines) is 1. The van der Waals surface area contributed by atoms with Crippen molar-refractivity contribution in [2.24, 2.45) is 17.6 Å². The third-order valence-electron chi connectivity index (χ3n) is 8.01. The normalized spacial score (nSPS) is 34.7. The number of carbonyl (C=O) groups is 1. The van der Waals surface area contributed by atoms with Crippen LogP contribution in [0, 0.1) is 11.8 Å². The Morgan fingerprint density at radius 3 is 2.38 bits per heavy atom. The predicted molar refractivity (Wildman–Crippen MR) is 120 cm³/mol. The number of nitrogens with two attached hydrogens (primary N) is 1. The van der Waals surface area contributed by atoms with E-state index in [0.29, 0.717) is 24.8 Å². The molecule has 6 rings (SSSR count). The second-order valence-electron chi connectivity index (χ2n) is 10.6. The maximum absolute atomic E-state index is 13.2. The molecule has 5 aliphatic rings. The zero-order valence-corrected chi connectivity index (χ0v) is 19.8. The Balaban J connectivity index is 1.30. The van der Waals surface area contributed by atoms with Crippen molar-refractivity contribution in [3.63, 3.8) is 0 Å². The van der Waals surface area contributed by atoms with Gasteiger partial charge in [-0.25, -0.2) is 13.1 Å². The highest BCUT2D eigenvalue weighted by molar-refractivity contribution is 7.89. The number of halogens is 2. The lowest BCUT2D eigenvalue weighted by atomic mass is 9.50. The van der Waals surface area contributed by atoms with E-state index in [1.165, 1.54) is 24.3 Å². The van der Waals surface area contributed by atoms with Gasteiger partial charge in [-0.05, 0) is 87.5 Å². The number of hydrogen-bond acceptors (Lipinski definition) is 6. The van der Waals surface area contributed by atoms with Gasteiger partial charge in [-0.2, -0.15) is 8.78 Å². The van der Waals surface area contributed by atoms with Gasteiger partial charge in [-0.3, -0.25) is 4.79 Å². The summed E-state index contributed by atoms with van der Waals surface area (Å²) < 4.78 is 58.6. The molecule has 1 heterocycles. The highest BCUT2D eigenvalue weighted by Crippen LogP contribution is 2.57. The third-order valence-corrected chi connectivity index (χ3v) is 9.60. The fraction of sp³-hybridized carbons (Fsp3) is 0.696. The quantitative estimate of drug-likeness (QED) is 0.506. The Kier molecular flexibility index (Phi) is 6.11. The summed E-state index contributed by atoms with van der Waals surface area (Å²) in [5, 5.41) is 3.53. The van der Waals surface area contributed by atoms with Gasteiger partial charge in [0, 0.05) is 17.6 Å². The van der Waals surface area contributed by atoms with Crippen molar-refractivity contribution in [2.45, 2.75) is 80.1 Å². The second kappa shape index (κ2) is 8.69. The van der Waals surface area contributed by atoms with Crippen LogP contribution in [-0.2, 0) is 14.8 Å². The zero-order chi connectivity index (χ0) is 24.1. The molecule has 5 fully saturated rings. The number of ether oxygens (including phenoxy) is 1. The number of sulfonamides is 1. The Hall–Kier alpha value is -1.82. The van der Waals surface area contributed by atoms with E-state index in [-0.39, 0.29) is 34.8 Å². The van der Waals surface area contributed by atoms with Crippen molar-refractivity contribution in [3.05, 3.63) is 24.3 Å². The Labute approximate surface area is 198 Å². The molecule has 1 saturated heterocycles. The summed E-state index contributed by atoms with van der Waals surface area (Å²) in [7, 11) is -3.86. The van der Waals surface area contributed by atoms with Crippen LogP contribution >= 0.6 is 0 Å². The summed E-state index contributed by atoms with van der Waals surface area (Å²) in [6.45, 7) is -2.07. The molecular weight excluding hydrogens is 466 g/mol. The molecule has 1 amide bonds. The van der Waals surface area contributed by atoms with E-state index in [1.807, 2.05) is 0 Å². The third kappa shape index (κ3) is 4.67. The summed E-state index contributed by atoms with van der Waals surface area (Å²) in [6.07, 6.45) is 6.63. The van der Waals surface area contributed by atoms with Gasteiger partial charge in [0.05, 0.1) is 17.6 Å². The summed E-state index contributed by atoms with van der Waals surface area (Å²) in [5.41, 5.74) is 5.19. The smallest absolute Gasteiger partial charge is 0.387 e. The average Bonchev–Trinajstić information content (AvgIpc) is 3.16. The first-order valence-corrected chi connectivity index (χ1v) is 13.4. The molecule has 2 unspecified atom stereocenters. The molecule has 4 bridgehead atoms. The molecule has 34 heavy (non-hydrogen) atoms. The van der Waals surface area contributed by atoms with Gasteiger partial charge in [0.15, 0.2) is 0 Å². The summed E-state index contributed by atoms with van der Waals surface area (Å²) in [6, 6.07) is 5.04. The van der Waals surface area contributed by atoms with E-state index in [0.717, 1.165) is 44.9 Å². The van der Waals surface area contributed by atoms with Crippen molar-refractivity contribution in [3.8, 4) is 5.75 Å². The van der Waals surface area contributed by atoms with Crippen LogP contribution in [0.2, 0.25) is 0 Å². The van der Waals surface area contributed by atoms with E-state index in [9.17, 15) is 22.0 Å². The van der Waals surface area contributed by atoms with Gasteiger partial charge in [-0.15, -0.1) is 0 Å². The number of nitrogens with zero attached hydrogens (tertiary/aromatic N) is 1. The largest absolute Gasteiger partial charge is 0.435 e. The minimum absolute atomic E-state index is 0.00137. The van der Waals surface area contributed by atoms with E-state index in [2.05, 4.69) is 14.8 Å². The summed E-state index contributed by atoms with van der Waals surface area (Å²) >= 11 is 0. The van der Waals surface area contributed by atoms with Crippen molar-refractivity contribution < 1.29 is 26.7 Å². The minimum Gasteiger partial charge on any atom is -0.435 e. The van der Waals surface area contributed by atoms with Crippen LogP contribution in [0.25, 0.3) is 0 Å². The molecule has 3 atom stereocenters. The molecule has 0 radical (unpaired) electrons. The van der Waals surface area contributed by atoms with Gasteiger partial charge in [0.1, 0.15) is 5.75 Å². The fourth-order valence-corrected chi connectivity index (χ4v) is 8.62. The highest BCUT2D eigenvalue weighted by atomic mass is 32.2. The summed E-state index contributed by atoms with van der Waals surface area (Å²) in [5.74, 6) is 0.695. The second-order valence-corrected chi connectivity index (χ2v) is 12.3. The van der Waals surface area contributed by atoms with Crippen LogP contribution in [0.15, 0.2) is 29.2 Å². The Bertz CT molecular complexity index is 1020. The predicted octanol–water partition coefficient (Wildman–Crippen LogP) is 2.15. The van der Waals surface area contributed by atoms with Gasteiger partial charge in [0.2, 0.25) is 15.9 Å². The molecule has 1 aromatic carbocycles. The van der Waals surface area contributed by atoms with Crippen LogP contribution in [0.1, 0.15) is 51.4 Å². The maximum Gasteiger partial charge on any atom is 0.387 e. The van der Waals surface area contributed by atoms with E-state index in [1.54, 1.807) is 4.90 Å². The van der Waals surface area contributed by atoms with Crippen molar-refractivity contribution in [2.75, 3.05) is 13.1 Å². The van der Waals surface area contributed by atoms with Gasteiger partial charge >= 0.3 is 6.61 Å². The molecule has 4 saturated carbocycles. The lowest BCUT2D eigenvalue weighted by Crippen LogP contribution is -2.69. The molecule has 0 aromatic heterocycles. The van der Waals surface area contributed by atoms with Crippen LogP contribution in [0.4, 0.5) is 8.78 Å². The van der Waals surface area contributed by atoms with Crippen molar-refractivity contribution in [1.29, 1.82) is 0 Å². The average molecular weight is 499 g/mol. The number of carbonyl (C=O) groups excluding carboxylic acids is 1. The Morgan fingerprint density at radius 2 is 1.79 bits per heavy atom. The first kappa shape index (κ1) is 23.9. The van der Waals surface area contributed by atoms with E-state index in [4.69, 9.17) is 5.73 Å². The molecular formula is C23H32F2N4O4S. The molecule has 8 nitrogen and oxygen atoms in total. The molecule has 188 valence electrons. The van der Waals surface area contributed by atoms with Gasteiger partial charge in [-0.1, -0.05) is 0 Å². The monoisotopic (exact) mass is 498 g/mol.